The van der Waals surface area contributed by atoms with Crippen LogP contribution in [0.1, 0.15) is 49.7 Å². The van der Waals surface area contributed by atoms with Crippen LogP contribution in [-0.4, -0.2) is 20.8 Å². The summed E-state index contributed by atoms with van der Waals surface area (Å²) in [5, 5.41) is 2.66. The van der Waals surface area contributed by atoms with Gasteiger partial charge in [0.05, 0.1) is 12.4 Å². The van der Waals surface area contributed by atoms with Gasteiger partial charge in [0, 0.05) is 0 Å². The summed E-state index contributed by atoms with van der Waals surface area (Å²) in [6.07, 6.45) is 2.46. The molecule has 0 N–H and O–H groups in total. The van der Waals surface area contributed by atoms with Gasteiger partial charge in [-0.25, -0.2) is 0 Å². The maximum absolute atomic E-state index is 11.6. The molecule has 0 amide bonds. The van der Waals surface area contributed by atoms with Gasteiger partial charge in [-0.05, 0) is 52.0 Å². The van der Waals surface area contributed by atoms with Gasteiger partial charge in [0.15, 0.2) is 0 Å². The Hall–Kier alpha value is -1.39. The van der Waals surface area contributed by atoms with Gasteiger partial charge in [0.1, 0.15) is 0 Å². The highest BCUT2D eigenvalue weighted by Crippen LogP contribution is 2.60. The first-order valence-electron chi connectivity index (χ1n) is 8.17. The van der Waals surface area contributed by atoms with Gasteiger partial charge in [0.25, 0.3) is 10.1 Å². The maximum Gasteiger partial charge on any atom is 0.264 e. The lowest BCUT2D eigenvalue weighted by atomic mass is 9.54. The zero-order valence-electron chi connectivity index (χ0n) is 13.7. The van der Waals surface area contributed by atoms with Crippen molar-refractivity contribution in [2.24, 2.45) is 5.41 Å². The highest BCUT2D eigenvalue weighted by atomic mass is 32.2. The monoisotopic (exact) mass is 330 g/mol. The van der Waals surface area contributed by atoms with Crippen LogP contribution in [0.5, 0.6) is 0 Å². The van der Waals surface area contributed by atoms with Crippen molar-refractivity contribution >= 4 is 20.9 Å². The normalized spacial score (nSPS) is 28.7. The van der Waals surface area contributed by atoms with Crippen LogP contribution in [-0.2, 0) is 14.3 Å². The molecule has 2 aliphatic carbocycles. The predicted molar refractivity (Wildman–Crippen MR) is 92.2 cm³/mol. The van der Waals surface area contributed by atoms with Gasteiger partial charge < -0.3 is 0 Å². The fourth-order valence-electron chi connectivity index (χ4n) is 4.83. The fourth-order valence-corrected chi connectivity index (χ4v) is 5.49. The van der Waals surface area contributed by atoms with Crippen molar-refractivity contribution < 1.29 is 12.6 Å². The SMILES string of the molecule is CC1(C)[C@@H]2CC(OS(C)(=O)=O)C[C@H]1c1cccc3cccc2c13. The van der Waals surface area contributed by atoms with Crippen molar-refractivity contribution in [2.45, 2.75) is 44.6 Å². The highest BCUT2D eigenvalue weighted by Gasteiger charge is 2.49. The van der Waals surface area contributed by atoms with E-state index in [-0.39, 0.29) is 11.5 Å². The van der Waals surface area contributed by atoms with E-state index in [9.17, 15) is 8.42 Å². The molecule has 3 nitrogen and oxygen atoms in total. The first kappa shape index (κ1) is 15.2. The summed E-state index contributed by atoms with van der Waals surface area (Å²) in [7, 11) is -3.42. The third kappa shape index (κ3) is 2.31. The third-order valence-corrected chi connectivity index (χ3v) is 6.45. The van der Waals surface area contributed by atoms with Crippen LogP contribution >= 0.6 is 0 Å². The largest absolute Gasteiger partial charge is 0.267 e. The topological polar surface area (TPSA) is 43.4 Å². The summed E-state index contributed by atoms with van der Waals surface area (Å²) < 4.78 is 28.6. The van der Waals surface area contributed by atoms with Crippen molar-refractivity contribution in [1.82, 2.24) is 0 Å². The maximum atomic E-state index is 11.6. The molecule has 2 aromatic rings. The second kappa shape index (κ2) is 4.81. The molecule has 0 saturated heterocycles. The van der Waals surface area contributed by atoms with E-state index >= 15 is 0 Å². The first-order valence-corrected chi connectivity index (χ1v) is 9.99. The van der Waals surface area contributed by atoms with E-state index < -0.39 is 10.1 Å². The Kier molecular flexibility index (Phi) is 3.17. The van der Waals surface area contributed by atoms with E-state index in [2.05, 4.69) is 50.2 Å². The smallest absolute Gasteiger partial charge is 0.264 e. The summed E-state index contributed by atoms with van der Waals surface area (Å²) in [4.78, 5) is 0. The minimum Gasteiger partial charge on any atom is -0.267 e. The van der Waals surface area contributed by atoms with Crippen molar-refractivity contribution in [2.75, 3.05) is 6.26 Å². The summed E-state index contributed by atoms with van der Waals surface area (Å²) in [5.74, 6) is 0.651. The molecule has 2 aliphatic rings. The Bertz CT molecular complexity index is 832. The Labute approximate surface area is 137 Å². The number of rotatable bonds is 2. The Morgan fingerprint density at radius 1 is 1.00 bits per heavy atom. The molecule has 0 radical (unpaired) electrons. The molecular formula is C19H22O3S. The van der Waals surface area contributed by atoms with Gasteiger partial charge in [-0.1, -0.05) is 50.2 Å². The Balaban J connectivity index is 1.89. The molecule has 4 rings (SSSR count). The second-order valence-corrected chi connectivity index (χ2v) is 9.21. The number of benzene rings is 2. The van der Waals surface area contributed by atoms with Gasteiger partial charge >= 0.3 is 0 Å². The zero-order chi connectivity index (χ0) is 16.4. The Morgan fingerprint density at radius 2 is 1.52 bits per heavy atom. The van der Waals surface area contributed by atoms with Gasteiger partial charge in [-0.3, -0.25) is 4.18 Å². The average Bonchev–Trinajstić information content (AvgIpc) is 2.44. The minimum atomic E-state index is -3.42. The number of hydrogen-bond donors (Lipinski definition) is 0. The summed E-state index contributed by atoms with van der Waals surface area (Å²) >= 11 is 0. The van der Waals surface area contributed by atoms with Crippen molar-refractivity contribution in [3.63, 3.8) is 0 Å². The molecule has 0 aliphatic heterocycles. The van der Waals surface area contributed by atoms with Crippen molar-refractivity contribution in [3.8, 4) is 0 Å². The molecule has 0 spiro atoms. The van der Waals surface area contributed by atoms with E-state index in [4.69, 9.17) is 4.18 Å². The van der Waals surface area contributed by atoms with E-state index in [1.54, 1.807) is 0 Å². The van der Waals surface area contributed by atoms with E-state index in [1.807, 2.05) is 0 Å². The van der Waals surface area contributed by atoms with Crippen molar-refractivity contribution in [1.29, 1.82) is 0 Å². The summed E-state index contributed by atoms with van der Waals surface area (Å²) in [5.41, 5.74) is 2.81. The number of hydrogen-bond acceptors (Lipinski definition) is 3. The molecular weight excluding hydrogens is 308 g/mol. The average molecular weight is 330 g/mol. The van der Waals surface area contributed by atoms with Gasteiger partial charge in [0.2, 0.25) is 0 Å². The molecule has 3 atom stereocenters. The van der Waals surface area contributed by atoms with Crippen LogP contribution in [0.2, 0.25) is 0 Å². The minimum absolute atomic E-state index is 0.111. The molecule has 23 heavy (non-hydrogen) atoms. The molecule has 4 heteroatoms. The number of fused-ring (bicyclic) bond motifs is 4. The lowest BCUT2D eigenvalue weighted by Crippen LogP contribution is -2.42. The third-order valence-electron chi connectivity index (χ3n) is 5.82. The van der Waals surface area contributed by atoms with Gasteiger partial charge in [-0.15, -0.1) is 0 Å². The van der Waals surface area contributed by atoms with Crippen LogP contribution in [0.3, 0.4) is 0 Å². The highest BCUT2D eigenvalue weighted by molar-refractivity contribution is 7.86. The van der Waals surface area contributed by atoms with E-state index in [0.717, 1.165) is 19.1 Å². The lowest BCUT2D eigenvalue weighted by molar-refractivity contribution is 0.0573. The molecule has 0 aromatic heterocycles. The second-order valence-electron chi connectivity index (χ2n) is 7.61. The molecule has 1 saturated carbocycles. The van der Waals surface area contributed by atoms with E-state index in [1.165, 1.54) is 21.9 Å². The van der Waals surface area contributed by atoms with Crippen LogP contribution in [0.25, 0.3) is 10.8 Å². The van der Waals surface area contributed by atoms with Gasteiger partial charge in [-0.2, -0.15) is 8.42 Å². The summed E-state index contributed by atoms with van der Waals surface area (Å²) in [6.45, 7) is 4.63. The Morgan fingerprint density at radius 3 is 2.00 bits per heavy atom. The zero-order valence-corrected chi connectivity index (χ0v) is 14.6. The van der Waals surface area contributed by atoms with Crippen LogP contribution in [0, 0.1) is 5.41 Å². The molecule has 122 valence electrons. The van der Waals surface area contributed by atoms with Crippen LogP contribution < -0.4 is 0 Å². The standard InChI is InChI=1S/C19H22O3S/c1-19(2)16-10-13(22-23(3,20)21)11-17(19)15-9-5-7-12-6-4-8-14(16)18(12)15/h4-9,13,16-17H,10-11H2,1-3H3/t13?,16-,17+. The molecule has 0 heterocycles. The van der Waals surface area contributed by atoms with Crippen molar-refractivity contribution in [3.05, 3.63) is 47.5 Å². The van der Waals surface area contributed by atoms with Crippen LogP contribution in [0.15, 0.2) is 36.4 Å². The molecule has 1 fully saturated rings. The lowest BCUT2D eigenvalue weighted by Gasteiger charge is -2.51. The predicted octanol–water partition coefficient (Wildman–Crippen LogP) is 4.19. The van der Waals surface area contributed by atoms with Crippen LogP contribution in [0.4, 0.5) is 0 Å². The summed E-state index contributed by atoms with van der Waals surface area (Å²) in [6, 6.07) is 13.0. The molecule has 2 aromatic carbocycles. The molecule has 2 bridgehead atoms. The fraction of sp³-hybridized carbons (Fsp3) is 0.474. The molecule has 1 unspecified atom stereocenters. The quantitative estimate of drug-likeness (QED) is 0.776. The van der Waals surface area contributed by atoms with E-state index in [0.29, 0.717) is 11.8 Å². The first-order chi connectivity index (χ1) is 10.8.